The summed E-state index contributed by atoms with van der Waals surface area (Å²) in [7, 11) is 3.75. The number of fused-ring (bicyclic) bond motifs is 3. The second-order valence-corrected chi connectivity index (χ2v) is 8.70. The molecule has 2 fully saturated rings. The molecule has 1 aliphatic heterocycles. The van der Waals surface area contributed by atoms with E-state index in [1.807, 2.05) is 16.8 Å². The SMILES string of the molecule is COc1cc(-c2cc(C(F)F)c3nc(C)cn3n2)cn2cc(C3C4CN(C)CC43)nc12. The fraction of sp³-hybridized carbons (Fsp3) is 0.409. The number of rotatable bonds is 4. The predicted molar refractivity (Wildman–Crippen MR) is 111 cm³/mol. The molecule has 0 amide bonds. The van der Waals surface area contributed by atoms with Crippen LogP contribution in [0.1, 0.15) is 29.3 Å². The van der Waals surface area contributed by atoms with E-state index in [4.69, 9.17) is 9.72 Å². The molecule has 9 heteroatoms. The number of nitrogens with zero attached hydrogens (tertiary/aromatic N) is 6. The van der Waals surface area contributed by atoms with Crippen LogP contribution in [0.5, 0.6) is 5.75 Å². The third-order valence-electron chi connectivity index (χ3n) is 6.58. The number of ether oxygens (including phenoxy) is 1. The summed E-state index contributed by atoms with van der Waals surface area (Å²) < 4.78 is 36.4. The van der Waals surface area contributed by atoms with Crippen LogP contribution >= 0.6 is 0 Å². The van der Waals surface area contributed by atoms with Crippen molar-refractivity contribution >= 4 is 11.3 Å². The molecule has 2 aliphatic rings. The van der Waals surface area contributed by atoms with Gasteiger partial charge in [0.1, 0.15) is 0 Å². The number of hydrogen-bond donors (Lipinski definition) is 0. The van der Waals surface area contributed by atoms with Crippen LogP contribution in [0.25, 0.3) is 22.6 Å². The number of alkyl halides is 2. The van der Waals surface area contributed by atoms with Crippen molar-refractivity contribution < 1.29 is 13.5 Å². The Labute approximate surface area is 177 Å². The molecule has 2 atom stereocenters. The molecular weight excluding hydrogens is 402 g/mol. The molecule has 0 N–H and O–H groups in total. The first-order chi connectivity index (χ1) is 14.9. The molecule has 4 aromatic heterocycles. The summed E-state index contributed by atoms with van der Waals surface area (Å²) >= 11 is 0. The predicted octanol–water partition coefficient (Wildman–Crippen LogP) is 3.57. The van der Waals surface area contributed by atoms with Crippen molar-refractivity contribution in [2.45, 2.75) is 19.3 Å². The number of imidazole rings is 2. The van der Waals surface area contributed by atoms with Gasteiger partial charge in [0.25, 0.3) is 6.43 Å². The van der Waals surface area contributed by atoms with E-state index >= 15 is 0 Å². The number of methoxy groups -OCH3 is 1. The van der Waals surface area contributed by atoms with E-state index in [0.29, 0.717) is 40.5 Å². The van der Waals surface area contributed by atoms with Crippen molar-refractivity contribution in [1.29, 1.82) is 0 Å². The van der Waals surface area contributed by atoms with E-state index in [2.05, 4.69) is 22.0 Å². The van der Waals surface area contributed by atoms with E-state index in [-0.39, 0.29) is 11.2 Å². The van der Waals surface area contributed by atoms with Crippen LogP contribution in [0, 0.1) is 18.8 Å². The molecule has 0 aromatic carbocycles. The summed E-state index contributed by atoms with van der Waals surface area (Å²) in [6, 6.07) is 3.22. The zero-order valence-corrected chi connectivity index (χ0v) is 17.5. The van der Waals surface area contributed by atoms with Crippen molar-refractivity contribution in [3.63, 3.8) is 0 Å². The van der Waals surface area contributed by atoms with Gasteiger partial charge in [0.15, 0.2) is 17.0 Å². The summed E-state index contributed by atoms with van der Waals surface area (Å²) in [5.74, 6) is 2.41. The summed E-state index contributed by atoms with van der Waals surface area (Å²) in [6.45, 7) is 3.98. The molecule has 6 rings (SSSR count). The van der Waals surface area contributed by atoms with Gasteiger partial charge in [0, 0.05) is 37.0 Å². The second kappa shape index (κ2) is 6.46. The van der Waals surface area contributed by atoms with Gasteiger partial charge in [-0.15, -0.1) is 0 Å². The van der Waals surface area contributed by atoms with E-state index in [9.17, 15) is 8.78 Å². The molecule has 0 radical (unpaired) electrons. The van der Waals surface area contributed by atoms with Gasteiger partial charge >= 0.3 is 0 Å². The lowest BCUT2D eigenvalue weighted by Gasteiger charge is -2.11. The van der Waals surface area contributed by atoms with Crippen molar-refractivity contribution in [3.8, 4) is 17.0 Å². The highest BCUT2D eigenvalue weighted by atomic mass is 19.3. The van der Waals surface area contributed by atoms with Gasteiger partial charge in [-0.3, -0.25) is 0 Å². The van der Waals surface area contributed by atoms with Crippen molar-refractivity contribution in [2.24, 2.45) is 11.8 Å². The lowest BCUT2D eigenvalue weighted by Crippen LogP contribution is -2.18. The van der Waals surface area contributed by atoms with Crippen LogP contribution in [-0.2, 0) is 0 Å². The molecule has 5 heterocycles. The minimum atomic E-state index is -2.65. The number of aryl methyl sites for hydroxylation is 1. The fourth-order valence-electron chi connectivity index (χ4n) is 5.13. The van der Waals surface area contributed by atoms with Crippen LogP contribution in [0.2, 0.25) is 0 Å². The average molecular weight is 424 g/mol. The molecule has 7 nitrogen and oxygen atoms in total. The standard InChI is InChI=1S/C22H22F2N6O/c1-11-6-30-21(25-11)13(20(23)24)5-16(27-30)12-4-18(31-3)22-26-17(10-29(22)7-12)19-14-8-28(2)9-15(14)19/h4-7,10,14-15,19-20H,8-9H2,1-3H3. The van der Waals surface area contributed by atoms with Gasteiger partial charge < -0.3 is 14.0 Å². The van der Waals surface area contributed by atoms with Gasteiger partial charge in [-0.2, -0.15) is 5.10 Å². The first-order valence-corrected chi connectivity index (χ1v) is 10.3. The Morgan fingerprint density at radius 1 is 1.06 bits per heavy atom. The number of halogens is 2. The molecule has 1 aliphatic carbocycles. The van der Waals surface area contributed by atoms with Crippen molar-refractivity contribution in [2.75, 3.05) is 27.2 Å². The highest BCUT2D eigenvalue weighted by Gasteiger charge is 2.56. The summed E-state index contributed by atoms with van der Waals surface area (Å²) in [5, 5.41) is 4.53. The van der Waals surface area contributed by atoms with Crippen LogP contribution in [-0.4, -0.2) is 56.1 Å². The molecule has 2 unspecified atom stereocenters. The molecular formula is C22H22F2N6O. The van der Waals surface area contributed by atoms with Crippen LogP contribution in [0.3, 0.4) is 0 Å². The quantitative estimate of drug-likeness (QED) is 0.501. The highest BCUT2D eigenvalue weighted by molar-refractivity contribution is 5.69. The van der Waals surface area contributed by atoms with E-state index < -0.39 is 6.43 Å². The third kappa shape index (κ3) is 2.83. The van der Waals surface area contributed by atoms with Gasteiger partial charge in [-0.25, -0.2) is 23.3 Å². The summed E-state index contributed by atoms with van der Waals surface area (Å²) in [4.78, 5) is 11.4. The number of likely N-dealkylation sites (tertiary alicyclic amines) is 1. The average Bonchev–Trinajstić information content (AvgIpc) is 3.11. The maximum absolute atomic E-state index is 13.7. The monoisotopic (exact) mass is 424 g/mol. The van der Waals surface area contributed by atoms with E-state index in [1.54, 1.807) is 26.3 Å². The van der Waals surface area contributed by atoms with Crippen molar-refractivity contribution in [3.05, 3.63) is 47.7 Å². The van der Waals surface area contributed by atoms with Crippen LogP contribution in [0.4, 0.5) is 8.78 Å². The van der Waals surface area contributed by atoms with E-state index in [0.717, 1.165) is 24.4 Å². The first kappa shape index (κ1) is 18.7. The van der Waals surface area contributed by atoms with Gasteiger partial charge in [-0.05, 0) is 37.9 Å². The maximum Gasteiger partial charge on any atom is 0.267 e. The highest BCUT2D eigenvalue weighted by Crippen LogP contribution is 2.57. The topological polar surface area (TPSA) is 60.0 Å². The number of aromatic nitrogens is 5. The Balaban J connectivity index is 1.46. The molecule has 1 saturated carbocycles. The Kier molecular flexibility index (Phi) is 3.89. The molecule has 4 aromatic rings. The molecule has 1 saturated heterocycles. The zero-order chi connectivity index (χ0) is 21.4. The zero-order valence-electron chi connectivity index (χ0n) is 17.5. The largest absolute Gasteiger partial charge is 0.493 e. The summed E-state index contributed by atoms with van der Waals surface area (Å²) in [6.07, 6.45) is 2.92. The molecule has 0 bridgehead atoms. The number of pyridine rings is 1. The lowest BCUT2D eigenvalue weighted by atomic mass is 10.1. The first-order valence-electron chi connectivity index (χ1n) is 10.3. The maximum atomic E-state index is 13.7. The smallest absolute Gasteiger partial charge is 0.267 e. The van der Waals surface area contributed by atoms with Crippen LogP contribution in [0.15, 0.2) is 30.7 Å². The molecule has 31 heavy (non-hydrogen) atoms. The Morgan fingerprint density at radius 3 is 2.55 bits per heavy atom. The van der Waals surface area contributed by atoms with Crippen molar-refractivity contribution in [1.82, 2.24) is 28.9 Å². The van der Waals surface area contributed by atoms with Crippen LogP contribution < -0.4 is 4.74 Å². The molecule has 160 valence electrons. The fourth-order valence-corrected chi connectivity index (χ4v) is 5.13. The third-order valence-corrected chi connectivity index (χ3v) is 6.58. The Hall–Kier alpha value is -3.07. The minimum absolute atomic E-state index is 0.140. The Bertz CT molecular complexity index is 1320. The second-order valence-electron chi connectivity index (χ2n) is 8.70. The Morgan fingerprint density at radius 2 is 1.84 bits per heavy atom. The number of piperidine rings is 1. The number of hydrogen-bond acceptors (Lipinski definition) is 5. The van der Waals surface area contributed by atoms with Gasteiger partial charge in [0.05, 0.1) is 36.0 Å². The van der Waals surface area contributed by atoms with E-state index in [1.165, 1.54) is 10.6 Å². The lowest BCUT2D eigenvalue weighted by molar-refractivity contribution is 0.152. The summed E-state index contributed by atoms with van der Waals surface area (Å²) in [5.41, 5.74) is 3.59. The molecule has 0 spiro atoms. The minimum Gasteiger partial charge on any atom is -0.493 e. The normalized spacial score (nSPS) is 23.2. The van der Waals surface area contributed by atoms with Gasteiger partial charge in [0.2, 0.25) is 0 Å². The van der Waals surface area contributed by atoms with Gasteiger partial charge in [-0.1, -0.05) is 0 Å².